The molecule has 0 aromatic heterocycles. The molecule has 0 fully saturated rings. The van der Waals surface area contributed by atoms with Crippen LogP contribution in [0.15, 0.2) is 6.07 Å². The summed E-state index contributed by atoms with van der Waals surface area (Å²) in [5.74, 6) is -3.46. The fraction of sp³-hybridized carbons (Fsp3) is 0.720. The Balaban J connectivity index is 2.04. The zero-order valence-electron chi connectivity index (χ0n) is 18.8. The maximum absolute atomic E-state index is 12.0. The molecule has 0 aliphatic heterocycles. The third-order valence-corrected chi connectivity index (χ3v) is 5.85. The number of hydrogen-bond acceptors (Lipinski definition) is 4. The van der Waals surface area contributed by atoms with Crippen LogP contribution in [0.3, 0.4) is 0 Å². The van der Waals surface area contributed by atoms with Crippen molar-refractivity contribution in [2.45, 2.75) is 116 Å². The number of benzene rings is 1. The second-order valence-electron chi connectivity index (χ2n) is 8.46. The first kappa shape index (κ1) is 26.1. The van der Waals surface area contributed by atoms with Crippen LogP contribution in [0.25, 0.3) is 0 Å². The Kier molecular flexibility index (Phi) is 13.8. The molecule has 1 rings (SSSR count). The summed E-state index contributed by atoms with van der Waals surface area (Å²) in [6, 6.07) is 0.959. The van der Waals surface area contributed by atoms with Crippen molar-refractivity contribution in [2.24, 2.45) is 0 Å². The lowest BCUT2D eigenvalue weighted by molar-refractivity contribution is -0.271. The molecule has 0 unspecified atom stereocenters. The summed E-state index contributed by atoms with van der Waals surface area (Å²) in [6.45, 7) is 2.25. The van der Waals surface area contributed by atoms with E-state index in [1.807, 2.05) is 0 Å². The second kappa shape index (κ2) is 15.9. The summed E-state index contributed by atoms with van der Waals surface area (Å²) in [5.41, 5.74) is -0.126. The van der Waals surface area contributed by atoms with E-state index in [1.54, 1.807) is 0 Å². The van der Waals surface area contributed by atoms with Gasteiger partial charge in [-0.05, 0) is 24.5 Å². The van der Waals surface area contributed by atoms with E-state index in [2.05, 4.69) is 6.92 Å². The smallest absolute Gasteiger partial charge is 0.336 e. The van der Waals surface area contributed by atoms with Crippen LogP contribution in [0.2, 0.25) is 0 Å². The molecule has 3 N–H and O–H groups in total. The highest BCUT2D eigenvalue weighted by Crippen LogP contribution is 2.38. The van der Waals surface area contributed by atoms with Crippen LogP contribution < -0.4 is 5.11 Å². The number of carboxylic acid groups (broad SMARTS) is 1. The standard InChI is InChI=1S/C25H42O5/c1-2-3-4-5-6-7-8-9-10-11-12-13-14-15-16-17-18-20-21(25(29)30)19-22(26)24(28)23(20)27/h19,26-28H,2-18H2,1H3,(H,29,30)/p-1. The van der Waals surface area contributed by atoms with Crippen LogP contribution in [0.1, 0.15) is 126 Å². The number of rotatable bonds is 18. The van der Waals surface area contributed by atoms with Gasteiger partial charge in [0.05, 0.1) is 5.56 Å². The molecule has 5 heteroatoms. The topological polar surface area (TPSA) is 101 Å². The fourth-order valence-electron chi connectivity index (χ4n) is 3.96. The van der Waals surface area contributed by atoms with Crippen molar-refractivity contribution >= 4 is 5.97 Å². The highest BCUT2D eigenvalue weighted by molar-refractivity contribution is 5.91. The van der Waals surface area contributed by atoms with Gasteiger partial charge in [0.15, 0.2) is 5.75 Å². The number of aromatic carboxylic acids is 1. The largest absolute Gasteiger partial charge is 0.870 e. The molecule has 0 aliphatic rings. The summed E-state index contributed by atoms with van der Waals surface area (Å²) in [6.07, 6.45) is 20.3. The summed E-state index contributed by atoms with van der Waals surface area (Å²) >= 11 is 0. The number of hydrogen-bond donors (Lipinski definition) is 3. The van der Waals surface area contributed by atoms with Gasteiger partial charge in [-0.2, -0.15) is 0 Å². The summed E-state index contributed by atoms with van der Waals surface area (Å²) in [4.78, 5) is 11.3. The van der Waals surface area contributed by atoms with Gasteiger partial charge in [-0.1, -0.05) is 109 Å². The molecule has 172 valence electrons. The molecule has 0 heterocycles. The van der Waals surface area contributed by atoms with Crippen molar-refractivity contribution in [2.75, 3.05) is 0 Å². The molecule has 0 amide bonds. The van der Waals surface area contributed by atoms with E-state index in [0.717, 1.165) is 25.3 Å². The van der Waals surface area contributed by atoms with Crippen molar-refractivity contribution in [1.29, 1.82) is 0 Å². The zero-order valence-corrected chi connectivity index (χ0v) is 18.8. The van der Waals surface area contributed by atoms with Gasteiger partial charge >= 0.3 is 5.97 Å². The van der Waals surface area contributed by atoms with E-state index < -0.39 is 23.2 Å². The van der Waals surface area contributed by atoms with Crippen molar-refractivity contribution < 1.29 is 25.2 Å². The molecule has 0 spiro atoms. The van der Waals surface area contributed by atoms with E-state index in [-0.39, 0.29) is 11.1 Å². The zero-order chi connectivity index (χ0) is 22.2. The van der Waals surface area contributed by atoms with Gasteiger partial charge in [0.2, 0.25) is 0 Å². The third-order valence-electron chi connectivity index (χ3n) is 5.85. The second-order valence-corrected chi connectivity index (χ2v) is 8.46. The number of phenols is 2. The van der Waals surface area contributed by atoms with Crippen molar-refractivity contribution in [3.05, 3.63) is 17.2 Å². The molecule has 1 aromatic carbocycles. The first-order chi connectivity index (χ1) is 14.5. The van der Waals surface area contributed by atoms with Crippen LogP contribution in [0.4, 0.5) is 0 Å². The fourth-order valence-corrected chi connectivity index (χ4v) is 3.96. The number of unbranched alkanes of at least 4 members (excludes halogenated alkanes) is 15. The van der Waals surface area contributed by atoms with Crippen molar-refractivity contribution in [3.63, 3.8) is 0 Å². The Hall–Kier alpha value is -1.91. The predicted octanol–water partition coefficient (Wildman–Crippen LogP) is 6.67. The summed E-state index contributed by atoms with van der Waals surface area (Å²) in [7, 11) is 0. The van der Waals surface area contributed by atoms with Crippen molar-refractivity contribution in [1.82, 2.24) is 0 Å². The molecular formula is C25H41O5-. The SMILES string of the molecule is CCCCCCCCCCCCCCCCCCc1c(C(=O)O)cc(O)c(O)c1[O-]. The van der Waals surface area contributed by atoms with Gasteiger partial charge in [0.1, 0.15) is 5.75 Å². The predicted molar refractivity (Wildman–Crippen MR) is 119 cm³/mol. The van der Waals surface area contributed by atoms with Crippen LogP contribution in [-0.2, 0) is 6.42 Å². The minimum absolute atomic E-state index is 0.0863. The monoisotopic (exact) mass is 421 g/mol. The number of carbonyl (C=O) groups is 1. The first-order valence-corrected chi connectivity index (χ1v) is 12.0. The van der Waals surface area contributed by atoms with E-state index in [4.69, 9.17) is 0 Å². The van der Waals surface area contributed by atoms with Gasteiger partial charge in [-0.25, -0.2) is 4.79 Å². The first-order valence-electron chi connectivity index (χ1n) is 12.0. The highest BCUT2D eigenvalue weighted by atomic mass is 16.4. The van der Waals surface area contributed by atoms with E-state index in [9.17, 15) is 25.2 Å². The number of carboxylic acids is 1. The Bertz CT molecular complexity index is 612. The molecule has 1 aromatic rings. The Labute approximate surface area is 182 Å². The number of phenolic OH excluding ortho intramolecular Hbond substituents is 2. The van der Waals surface area contributed by atoms with Crippen LogP contribution in [-0.4, -0.2) is 21.3 Å². The molecule has 30 heavy (non-hydrogen) atoms. The van der Waals surface area contributed by atoms with Crippen LogP contribution >= 0.6 is 0 Å². The molecular weight excluding hydrogens is 380 g/mol. The molecule has 0 saturated heterocycles. The molecule has 5 nitrogen and oxygen atoms in total. The van der Waals surface area contributed by atoms with Crippen LogP contribution in [0.5, 0.6) is 17.2 Å². The maximum atomic E-state index is 12.0. The maximum Gasteiger partial charge on any atom is 0.336 e. The minimum atomic E-state index is -1.26. The van der Waals surface area contributed by atoms with Gasteiger partial charge in [0, 0.05) is 0 Å². The lowest BCUT2D eigenvalue weighted by Gasteiger charge is -2.19. The quantitative estimate of drug-likeness (QED) is 0.181. The summed E-state index contributed by atoms with van der Waals surface area (Å²) < 4.78 is 0. The highest BCUT2D eigenvalue weighted by Gasteiger charge is 2.16. The van der Waals surface area contributed by atoms with Gasteiger partial charge < -0.3 is 20.4 Å². The Morgan fingerprint density at radius 2 is 1.17 bits per heavy atom. The van der Waals surface area contributed by atoms with Gasteiger partial charge in [-0.15, -0.1) is 0 Å². The van der Waals surface area contributed by atoms with E-state index in [0.29, 0.717) is 12.8 Å². The lowest BCUT2D eigenvalue weighted by Crippen LogP contribution is -2.07. The molecule has 0 aliphatic carbocycles. The average molecular weight is 422 g/mol. The minimum Gasteiger partial charge on any atom is -0.870 e. The van der Waals surface area contributed by atoms with Crippen LogP contribution in [0, 0.1) is 0 Å². The summed E-state index contributed by atoms with van der Waals surface area (Å²) in [5, 5.41) is 40.3. The Morgan fingerprint density at radius 1 is 0.767 bits per heavy atom. The average Bonchev–Trinajstić information content (AvgIpc) is 2.72. The lowest BCUT2D eigenvalue weighted by atomic mass is 9.98. The van der Waals surface area contributed by atoms with Gasteiger partial charge in [0.25, 0.3) is 0 Å². The van der Waals surface area contributed by atoms with E-state index >= 15 is 0 Å². The molecule has 0 radical (unpaired) electrons. The Morgan fingerprint density at radius 3 is 1.57 bits per heavy atom. The number of aromatic hydroxyl groups is 2. The molecule has 0 saturated carbocycles. The third kappa shape index (κ3) is 10.2. The molecule has 0 bridgehead atoms. The van der Waals surface area contributed by atoms with Gasteiger partial charge in [-0.3, -0.25) is 0 Å². The van der Waals surface area contributed by atoms with Crippen molar-refractivity contribution in [3.8, 4) is 17.2 Å². The van der Waals surface area contributed by atoms with E-state index in [1.165, 1.54) is 77.0 Å². The normalized spacial score (nSPS) is 11.1. The molecule has 0 atom stereocenters.